The van der Waals surface area contributed by atoms with Gasteiger partial charge >= 0.3 is 0 Å². The summed E-state index contributed by atoms with van der Waals surface area (Å²) in [5, 5.41) is 3.16. The predicted octanol–water partition coefficient (Wildman–Crippen LogP) is 2.78. The van der Waals surface area contributed by atoms with E-state index in [1.807, 2.05) is 38.1 Å². The van der Waals surface area contributed by atoms with Gasteiger partial charge in [0, 0.05) is 18.8 Å². The smallest absolute Gasteiger partial charge is 0.240 e. The molecule has 0 heterocycles. The highest BCUT2D eigenvalue weighted by molar-refractivity contribution is 7.89. The Kier molecular flexibility index (Phi) is 6.01. The number of hydrogen-bond donors (Lipinski definition) is 2. The summed E-state index contributed by atoms with van der Waals surface area (Å²) in [7, 11) is -3.46. The third-order valence-electron chi connectivity index (χ3n) is 3.24. The van der Waals surface area contributed by atoms with E-state index in [2.05, 4.69) is 10.0 Å². The van der Waals surface area contributed by atoms with Crippen LogP contribution in [0.1, 0.15) is 12.5 Å². The number of aryl methyl sites for hydroxylation is 1. The summed E-state index contributed by atoms with van der Waals surface area (Å²) in [4.78, 5) is 0.282. The average molecular weight is 334 g/mol. The van der Waals surface area contributed by atoms with Gasteiger partial charge in [-0.05, 0) is 50.2 Å². The van der Waals surface area contributed by atoms with Gasteiger partial charge in [-0.15, -0.1) is 0 Å². The van der Waals surface area contributed by atoms with Gasteiger partial charge in [-0.3, -0.25) is 0 Å². The maximum atomic E-state index is 12.1. The summed E-state index contributed by atoms with van der Waals surface area (Å²) in [6.45, 7) is 5.30. The molecular weight excluding hydrogens is 312 g/mol. The molecule has 2 rings (SSSR count). The van der Waals surface area contributed by atoms with E-state index in [4.69, 9.17) is 4.74 Å². The zero-order chi connectivity index (χ0) is 16.7. The van der Waals surface area contributed by atoms with E-state index in [1.165, 1.54) is 0 Å². The summed E-state index contributed by atoms with van der Waals surface area (Å²) in [5.41, 5.74) is 1.95. The van der Waals surface area contributed by atoms with Crippen LogP contribution in [0.15, 0.2) is 53.4 Å². The molecule has 0 aliphatic carbocycles. The van der Waals surface area contributed by atoms with Gasteiger partial charge in [0.05, 0.1) is 11.5 Å². The largest absolute Gasteiger partial charge is 0.494 e. The van der Waals surface area contributed by atoms with Gasteiger partial charge in [0.15, 0.2) is 0 Å². The normalized spacial score (nSPS) is 11.2. The minimum Gasteiger partial charge on any atom is -0.494 e. The van der Waals surface area contributed by atoms with Crippen molar-refractivity contribution < 1.29 is 13.2 Å². The molecule has 6 heteroatoms. The molecule has 5 nitrogen and oxygen atoms in total. The Bertz CT molecular complexity index is 711. The fourth-order valence-corrected chi connectivity index (χ4v) is 3.06. The summed E-state index contributed by atoms with van der Waals surface area (Å²) in [5.74, 6) is 0.818. The van der Waals surface area contributed by atoms with Crippen molar-refractivity contribution in [3.63, 3.8) is 0 Å². The van der Waals surface area contributed by atoms with Gasteiger partial charge in [0.2, 0.25) is 10.0 Å². The van der Waals surface area contributed by atoms with Gasteiger partial charge in [0.25, 0.3) is 0 Å². The molecule has 0 radical (unpaired) electrons. The second-order valence-electron chi connectivity index (χ2n) is 5.09. The number of hydrogen-bond acceptors (Lipinski definition) is 4. The maximum Gasteiger partial charge on any atom is 0.240 e. The number of rotatable bonds is 8. The molecule has 0 saturated heterocycles. The van der Waals surface area contributed by atoms with Gasteiger partial charge in [-0.25, -0.2) is 13.1 Å². The highest BCUT2D eigenvalue weighted by Gasteiger charge is 2.12. The fourth-order valence-electron chi connectivity index (χ4n) is 2.03. The van der Waals surface area contributed by atoms with Crippen molar-refractivity contribution in [2.24, 2.45) is 0 Å². The van der Waals surface area contributed by atoms with Crippen LogP contribution in [-0.2, 0) is 10.0 Å². The van der Waals surface area contributed by atoms with Crippen molar-refractivity contribution in [2.45, 2.75) is 18.7 Å². The van der Waals surface area contributed by atoms with Crippen LogP contribution in [0.3, 0.4) is 0 Å². The van der Waals surface area contributed by atoms with Gasteiger partial charge in [0.1, 0.15) is 5.75 Å². The Hall–Kier alpha value is -2.05. The molecule has 0 aliphatic rings. The SMILES string of the molecule is CCOc1ccc(NCCNS(=O)(=O)c2ccc(C)cc2)cc1. The Morgan fingerprint density at radius 1 is 0.957 bits per heavy atom. The van der Waals surface area contributed by atoms with E-state index in [0.29, 0.717) is 19.7 Å². The summed E-state index contributed by atoms with van der Waals surface area (Å²) >= 11 is 0. The first-order valence-corrected chi connectivity index (χ1v) is 9.02. The Labute approximate surface area is 137 Å². The van der Waals surface area contributed by atoms with Gasteiger partial charge < -0.3 is 10.1 Å². The molecule has 0 unspecified atom stereocenters. The molecule has 0 saturated carbocycles. The molecule has 0 fully saturated rings. The minimum absolute atomic E-state index is 0.282. The Morgan fingerprint density at radius 3 is 2.22 bits per heavy atom. The lowest BCUT2D eigenvalue weighted by Crippen LogP contribution is -2.28. The second-order valence-corrected chi connectivity index (χ2v) is 6.86. The van der Waals surface area contributed by atoms with E-state index in [1.54, 1.807) is 24.3 Å². The molecule has 0 bridgehead atoms. The number of ether oxygens (including phenoxy) is 1. The molecule has 0 aromatic heterocycles. The van der Waals surface area contributed by atoms with Crippen molar-refractivity contribution in [1.82, 2.24) is 4.72 Å². The van der Waals surface area contributed by atoms with Crippen molar-refractivity contribution in [3.05, 3.63) is 54.1 Å². The molecule has 124 valence electrons. The van der Waals surface area contributed by atoms with Crippen LogP contribution in [0.5, 0.6) is 5.75 Å². The maximum absolute atomic E-state index is 12.1. The summed E-state index contributed by atoms with van der Waals surface area (Å²) in [6.07, 6.45) is 0. The summed E-state index contributed by atoms with van der Waals surface area (Å²) < 4.78 is 32.2. The molecular formula is C17H22N2O3S. The van der Waals surface area contributed by atoms with Gasteiger partial charge in [-0.1, -0.05) is 17.7 Å². The molecule has 0 atom stereocenters. The molecule has 0 amide bonds. The lowest BCUT2D eigenvalue weighted by Gasteiger charge is -2.10. The van der Waals surface area contributed by atoms with Gasteiger partial charge in [-0.2, -0.15) is 0 Å². The zero-order valence-corrected chi connectivity index (χ0v) is 14.2. The molecule has 23 heavy (non-hydrogen) atoms. The monoisotopic (exact) mass is 334 g/mol. The fraction of sp³-hybridized carbons (Fsp3) is 0.294. The number of nitrogens with one attached hydrogen (secondary N) is 2. The third-order valence-corrected chi connectivity index (χ3v) is 4.72. The molecule has 2 aromatic rings. The first-order chi connectivity index (χ1) is 11.0. The molecule has 2 N–H and O–H groups in total. The van der Waals surface area contributed by atoms with Crippen LogP contribution in [0.4, 0.5) is 5.69 Å². The van der Waals surface area contributed by atoms with Crippen molar-refractivity contribution >= 4 is 15.7 Å². The van der Waals surface area contributed by atoms with Crippen molar-refractivity contribution in [2.75, 3.05) is 25.0 Å². The van der Waals surface area contributed by atoms with E-state index in [-0.39, 0.29) is 4.90 Å². The van der Waals surface area contributed by atoms with Crippen LogP contribution in [-0.4, -0.2) is 28.1 Å². The topological polar surface area (TPSA) is 67.4 Å². The van der Waals surface area contributed by atoms with E-state index >= 15 is 0 Å². The number of anilines is 1. The zero-order valence-electron chi connectivity index (χ0n) is 13.4. The Balaban J connectivity index is 1.81. The van der Waals surface area contributed by atoms with Crippen LogP contribution in [0.25, 0.3) is 0 Å². The minimum atomic E-state index is -3.46. The van der Waals surface area contributed by atoms with Crippen LogP contribution in [0.2, 0.25) is 0 Å². The highest BCUT2D eigenvalue weighted by Crippen LogP contribution is 2.15. The third kappa shape index (κ3) is 5.26. The number of benzene rings is 2. The Morgan fingerprint density at radius 2 is 1.61 bits per heavy atom. The lowest BCUT2D eigenvalue weighted by atomic mass is 10.2. The van der Waals surface area contributed by atoms with E-state index in [0.717, 1.165) is 17.0 Å². The van der Waals surface area contributed by atoms with Crippen LogP contribution in [0, 0.1) is 6.92 Å². The quantitative estimate of drug-likeness (QED) is 0.729. The summed E-state index contributed by atoms with van der Waals surface area (Å²) in [6, 6.07) is 14.3. The highest BCUT2D eigenvalue weighted by atomic mass is 32.2. The van der Waals surface area contributed by atoms with Crippen molar-refractivity contribution in [1.29, 1.82) is 0 Å². The van der Waals surface area contributed by atoms with Crippen LogP contribution >= 0.6 is 0 Å². The first kappa shape index (κ1) is 17.3. The molecule has 0 spiro atoms. The van der Waals surface area contributed by atoms with Crippen molar-refractivity contribution in [3.8, 4) is 5.75 Å². The predicted molar refractivity (Wildman–Crippen MR) is 92.5 cm³/mol. The van der Waals surface area contributed by atoms with E-state index < -0.39 is 10.0 Å². The van der Waals surface area contributed by atoms with Crippen LogP contribution < -0.4 is 14.8 Å². The average Bonchev–Trinajstić information content (AvgIpc) is 2.54. The first-order valence-electron chi connectivity index (χ1n) is 7.54. The molecule has 0 aliphatic heterocycles. The molecule has 2 aromatic carbocycles. The lowest BCUT2D eigenvalue weighted by molar-refractivity contribution is 0.340. The van der Waals surface area contributed by atoms with E-state index in [9.17, 15) is 8.42 Å². The second kappa shape index (κ2) is 7.99. The standard InChI is InChI=1S/C17H22N2O3S/c1-3-22-16-8-6-15(7-9-16)18-12-13-19-23(20,21)17-10-4-14(2)5-11-17/h4-11,18-19H,3,12-13H2,1-2H3. The number of sulfonamides is 1.